The average molecular weight is 641 g/mol. The van der Waals surface area contributed by atoms with E-state index in [2.05, 4.69) is 36.4 Å². The van der Waals surface area contributed by atoms with Crippen molar-refractivity contribution in [2.75, 3.05) is 0 Å². The van der Waals surface area contributed by atoms with Gasteiger partial charge in [-0.1, -0.05) is 140 Å². The highest BCUT2D eigenvalue weighted by Crippen LogP contribution is 2.32. The predicted molar refractivity (Wildman–Crippen MR) is 198 cm³/mol. The second-order valence-electron chi connectivity index (χ2n) is 11.7. The van der Waals surface area contributed by atoms with Crippen molar-refractivity contribution < 1.29 is 0 Å². The lowest BCUT2D eigenvalue weighted by Crippen LogP contribution is -2.00. The molecule has 0 aliphatic rings. The zero-order chi connectivity index (χ0) is 33.7. The maximum Gasteiger partial charge on any atom is 0.164 e. The molecular formula is C44H28N6. The number of hydrogen-bond acceptors (Lipinski definition) is 6. The Morgan fingerprint density at radius 1 is 0.300 bits per heavy atom. The van der Waals surface area contributed by atoms with Gasteiger partial charge in [0.2, 0.25) is 0 Å². The molecule has 0 atom stereocenters. The SMILES string of the molecule is N#Cc1ccc(-c2cc(-c3cccc(-c4cccc(-c5nc(-c6ccccc6)nc(-c6ccccc6)n5)c4)c3)nc(-c3ccccc3)n2)cc1. The minimum absolute atomic E-state index is 0.603. The van der Waals surface area contributed by atoms with E-state index < -0.39 is 0 Å². The number of nitrogens with zero attached hydrogens (tertiary/aromatic N) is 6. The van der Waals surface area contributed by atoms with Gasteiger partial charge in [0.25, 0.3) is 0 Å². The summed E-state index contributed by atoms with van der Waals surface area (Å²) in [5, 5.41) is 9.32. The summed E-state index contributed by atoms with van der Waals surface area (Å²) in [4.78, 5) is 24.6. The average Bonchev–Trinajstić information content (AvgIpc) is 3.21. The first-order chi connectivity index (χ1) is 24.7. The van der Waals surface area contributed by atoms with Crippen LogP contribution in [0.1, 0.15) is 5.56 Å². The van der Waals surface area contributed by atoms with Gasteiger partial charge in [0, 0.05) is 33.4 Å². The van der Waals surface area contributed by atoms with E-state index in [-0.39, 0.29) is 0 Å². The van der Waals surface area contributed by atoms with Crippen molar-refractivity contribution in [2.24, 2.45) is 0 Å². The zero-order valence-electron chi connectivity index (χ0n) is 26.8. The Balaban J connectivity index is 1.20. The van der Waals surface area contributed by atoms with E-state index in [0.29, 0.717) is 28.9 Å². The van der Waals surface area contributed by atoms with Crippen LogP contribution in [0.15, 0.2) is 170 Å². The standard InChI is InChI=1S/C44H28N6/c45-29-30-22-24-31(25-23-30)39-28-40(47-41(46-39)32-12-4-1-5-13-32)37-20-10-18-35(26-37)36-19-11-21-38(27-36)44-49-42(33-14-6-2-7-15-33)48-43(50-44)34-16-8-3-9-17-34/h1-28H. The van der Waals surface area contributed by atoms with Crippen LogP contribution in [0.25, 0.3) is 79.2 Å². The first kappa shape index (κ1) is 30.2. The number of rotatable bonds is 7. The van der Waals surface area contributed by atoms with Gasteiger partial charge in [-0.3, -0.25) is 0 Å². The van der Waals surface area contributed by atoms with Crippen molar-refractivity contribution in [3.63, 3.8) is 0 Å². The maximum absolute atomic E-state index is 9.32. The van der Waals surface area contributed by atoms with E-state index in [4.69, 9.17) is 24.9 Å². The summed E-state index contributed by atoms with van der Waals surface area (Å²) < 4.78 is 0. The summed E-state index contributed by atoms with van der Waals surface area (Å²) in [6.07, 6.45) is 0. The lowest BCUT2D eigenvalue weighted by Gasteiger charge is -2.11. The van der Waals surface area contributed by atoms with Gasteiger partial charge < -0.3 is 0 Å². The van der Waals surface area contributed by atoms with Gasteiger partial charge in [-0.05, 0) is 41.5 Å². The summed E-state index contributed by atoms with van der Waals surface area (Å²) >= 11 is 0. The lowest BCUT2D eigenvalue weighted by atomic mass is 9.99. The first-order valence-electron chi connectivity index (χ1n) is 16.2. The summed E-state index contributed by atoms with van der Waals surface area (Å²) in [7, 11) is 0. The molecule has 0 saturated carbocycles. The van der Waals surface area contributed by atoms with Crippen LogP contribution in [-0.2, 0) is 0 Å². The first-order valence-corrected chi connectivity index (χ1v) is 16.2. The molecule has 50 heavy (non-hydrogen) atoms. The van der Waals surface area contributed by atoms with Gasteiger partial charge in [0.15, 0.2) is 23.3 Å². The highest BCUT2D eigenvalue weighted by molar-refractivity contribution is 5.78. The highest BCUT2D eigenvalue weighted by Gasteiger charge is 2.14. The number of hydrogen-bond donors (Lipinski definition) is 0. The molecule has 2 heterocycles. The number of aromatic nitrogens is 5. The Labute approximate surface area is 290 Å². The van der Waals surface area contributed by atoms with Crippen molar-refractivity contribution in [1.82, 2.24) is 24.9 Å². The van der Waals surface area contributed by atoms with Gasteiger partial charge in [-0.2, -0.15) is 5.26 Å². The molecule has 0 fully saturated rings. The molecule has 8 rings (SSSR count). The van der Waals surface area contributed by atoms with Gasteiger partial charge >= 0.3 is 0 Å². The van der Waals surface area contributed by atoms with Crippen molar-refractivity contribution in [3.05, 3.63) is 175 Å². The van der Waals surface area contributed by atoms with Crippen molar-refractivity contribution in [2.45, 2.75) is 0 Å². The predicted octanol–water partition coefficient (Wildman–Crippen LogP) is 10.2. The van der Waals surface area contributed by atoms with Crippen molar-refractivity contribution in [3.8, 4) is 85.3 Å². The quantitative estimate of drug-likeness (QED) is 0.172. The molecule has 6 heteroatoms. The Kier molecular flexibility index (Phi) is 8.20. The van der Waals surface area contributed by atoms with Crippen LogP contribution in [0.5, 0.6) is 0 Å². The second kappa shape index (κ2) is 13.6. The largest absolute Gasteiger partial charge is 0.228 e. The highest BCUT2D eigenvalue weighted by atomic mass is 15.0. The smallest absolute Gasteiger partial charge is 0.164 e. The van der Waals surface area contributed by atoms with Crippen molar-refractivity contribution in [1.29, 1.82) is 5.26 Å². The van der Waals surface area contributed by atoms with Crippen LogP contribution in [0.3, 0.4) is 0 Å². The van der Waals surface area contributed by atoms with E-state index in [0.717, 1.165) is 55.9 Å². The number of benzene rings is 6. The van der Waals surface area contributed by atoms with Gasteiger partial charge in [-0.25, -0.2) is 24.9 Å². The van der Waals surface area contributed by atoms with Gasteiger partial charge in [0.05, 0.1) is 23.0 Å². The summed E-state index contributed by atoms with van der Waals surface area (Å²) in [5.41, 5.74) is 9.78. The Morgan fingerprint density at radius 3 is 1.18 bits per heavy atom. The van der Waals surface area contributed by atoms with Gasteiger partial charge in [0.1, 0.15) is 0 Å². The fourth-order valence-electron chi connectivity index (χ4n) is 5.81. The molecule has 0 aliphatic heterocycles. The fourth-order valence-corrected chi connectivity index (χ4v) is 5.81. The minimum atomic E-state index is 0.603. The molecule has 8 aromatic rings. The lowest BCUT2D eigenvalue weighted by molar-refractivity contribution is 1.07. The molecule has 0 bridgehead atoms. The molecule has 0 saturated heterocycles. The normalized spacial score (nSPS) is 10.8. The second-order valence-corrected chi connectivity index (χ2v) is 11.7. The molecule has 0 unspecified atom stereocenters. The number of nitriles is 1. The van der Waals surface area contributed by atoms with E-state index in [1.807, 2.05) is 140 Å². The molecular weight excluding hydrogens is 613 g/mol. The Hall–Kier alpha value is -7.10. The molecule has 6 nitrogen and oxygen atoms in total. The molecule has 0 amide bonds. The third-order valence-corrected chi connectivity index (χ3v) is 8.38. The zero-order valence-corrected chi connectivity index (χ0v) is 26.8. The van der Waals surface area contributed by atoms with Gasteiger partial charge in [-0.15, -0.1) is 0 Å². The van der Waals surface area contributed by atoms with Crippen LogP contribution in [0.2, 0.25) is 0 Å². The fraction of sp³-hybridized carbons (Fsp3) is 0. The topological polar surface area (TPSA) is 88.2 Å². The molecule has 234 valence electrons. The van der Waals surface area contributed by atoms with E-state index >= 15 is 0 Å². The Bertz CT molecular complexity index is 2420. The molecule has 6 aromatic carbocycles. The van der Waals surface area contributed by atoms with Crippen molar-refractivity contribution >= 4 is 0 Å². The molecule has 0 aliphatic carbocycles. The summed E-state index contributed by atoms with van der Waals surface area (Å²) in [5.74, 6) is 2.48. The van der Waals surface area contributed by atoms with E-state index in [1.54, 1.807) is 0 Å². The van der Waals surface area contributed by atoms with Crippen LogP contribution in [-0.4, -0.2) is 24.9 Å². The van der Waals surface area contributed by atoms with E-state index in [1.165, 1.54) is 0 Å². The minimum Gasteiger partial charge on any atom is -0.228 e. The molecule has 2 aromatic heterocycles. The van der Waals surface area contributed by atoms with E-state index in [9.17, 15) is 5.26 Å². The summed E-state index contributed by atoms with van der Waals surface area (Å²) in [6.45, 7) is 0. The third-order valence-electron chi connectivity index (χ3n) is 8.38. The summed E-state index contributed by atoms with van der Waals surface area (Å²) in [6, 6.07) is 58.3. The molecule has 0 N–H and O–H groups in total. The maximum atomic E-state index is 9.32. The monoisotopic (exact) mass is 640 g/mol. The Morgan fingerprint density at radius 2 is 0.680 bits per heavy atom. The van der Waals surface area contributed by atoms with Crippen LogP contribution in [0.4, 0.5) is 0 Å². The van der Waals surface area contributed by atoms with Crippen LogP contribution >= 0.6 is 0 Å². The third kappa shape index (κ3) is 6.40. The molecule has 0 radical (unpaired) electrons. The van der Waals surface area contributed by atoms with Crippen LogP contribution < -0.4 is 0 Å². The van der Waals surface area contributed by atoms with Crippen LogP contribution in [0, 0.1) is 11.3 Å². The molecule has 0 spiro atoms.